The number of para-hydroxylation sites is 1. The molecule has 5 nitrogen and oxygen atoms in total. The maximum Gasteiger partial charge on any atom is 0.158 e. The molecule has 1 unspecified atom stereocenters. The summed E-state index contributed by atoms with van der Waals surface area (Å²) in [6, 6.07) is 9.79. The van der Waals surface area contributed by atoms with Crippen molar-refractivity contribution >= 4 is 17.4 Å². The summed E-state index contributed by atoms with van der Waals surface area (Å²) in [5, 5.41) is 3.64. The van der Waals surface area contributed by atoms with Gasteiger partial charge in [-0.3, -0.25) is 0 Å². The molecule has 1 aromatic carbocycles. The molecule has 0 fully saturated rings. The predicted octanol–water partition coefficient (Wildman–Crippen LogP) is 2.69. The number of anilines is 1. The Morgan fingerprint density at radius 3 is 3.05 bits per heavy atom. The van der Waals surface area contributed by atoms with Crippen LogP contribution in [0.2, 0.25) is 5.15 Å². The summed E-state index contributed by atoms with van der Waals surface area (Å²) in [5.74, 6) is 2.20. The average Bonchev–Trinajstić information content (AvgIpc) is 2.88. The molecular formula is C15H16ClN3O2. The van der Waals surface area contributed by atoms with Crippen molar-refractivity contribution in [3.8, 4) is 5.75 Å². The first-order chi connectivity index (χ1) is 10.2. The SMILES string of the molecule is COCc1nc(Cl)cc(NCC2Cc3ccccc3O2)n1. The molecule has 1 aromatic heterocycles. The van der Waals surface area contributed by atoms with Gasteiger partial charge in [0.15, 0.2) is 5.82 Å². The Balaban J connectivity index is 1.61. The first kappa shape index (κ1) is 14.1. The van der Waals surface area contributed by atoms with Crippen molar-refractivity contribution in [2.45, 2.75) is 19.1 Å². The largest absolute Gasteiger partial charge is 0.488 e. The zero-order valence-corrected chi connectivity index (χ0v) is 12.4. The molecule has 2 heterocycles. The standard InChI is InChI=1S/C15H16ClN3O2/c1-20-9-15-18-13(16)7-14(19-15)17-8-11-6-10-4-2-3-5-12(10)21-11/h2-5,7,11H,6,8-9H2,1H3,(H,17,18,19). The summed E-state index contributed by atoms with van der Waals surface area (Å²) in [7, 11) is 1.60. The minimum atomic E-state index is 0.0991. The fraction of sp³-hybridized carbons (Fsp3) is 0.333. The van der Waals surface area contributed by atoms with E-state index in [0.29, 0.717) is 29.9 Å². The number of hydrogen-bond acceptors (Lipinski definition) is 5. The van der Waals surface area contributed by atoms with E-state index in [-0.39, 0.29) is 6.10 Å². The Bertz CT molecular complexity index is 611. The van der Waals surface area contributed by atoms with Crippen LogP contribution in [0.5, 0.6) is 5.75 Å². The molecule has 0 saturated heterocycles. The van der Waals surface area contributed by atoms with Crippen molar-refractivity contribution in [3.63, 3.8) is 0 Å². The number of benzene rings is 1. The second-order valence-corrected chi connectivity index (χ2v) is 5.25. The molecule has 0 radical (unpaired) electrons. The highest BCUT2D eigenvalue weighted by Gasteiger charge is 2.22. The van der Waals surface area contributed by atoms with E-state index in [4.69, 9.17) is 21.1 Å². The van der Waals surface area contributed by atoms with Crippen LogP contribution in [-0.4, -0.2) is 29.7 Å². The average molecular weight is 306 g/mol. The first-order valence-corrected chi connectivity index (χ1v) is 7.13. The van der Waals surface area contributed by atoms with Crippen LogP contribution < -0.4 is 10.1 Å². The lowest BCUT2D eigenvalue weighted by Crippen LogP contribution is -2.24. The van der Waals surface area contributed by atoms with Crippen molar-refractivity contribution in [1.29, 1.82) is 0 Å². The molecular weight excluding hydrogens is 290 g/mol. The van der Waals surface area contributed by atoms with E-state index in [9.17, 15) is 0 Å². The third kappa shape index (κ3) is 3.43. The molecule has 2 aromatic rings. The molecule has 110 valence electrons. The summed E-state index contributed by atoms with van der Waals surface area (Å²) in [5.41, 5.74) is 1.24. The molecule has 1 aliphatic rings. The maximum atomic E-state index is 5.98. The van der Waals surface area contributed by atoms with Gasteiger partial charge in [-0.1, -0.05) is 29.8 Å². The van der Waals surface area contributed by atoms with Crippen LogP contribution in [0.25, 0.3) is 0 Å². The Kier molecular flexibility index (Phi) is 4.22. The Labute approximate surface area is 128 Å². The van der Waals surface area contributed by atoms with Crippen LogP contribution in [0, 0.1) is 0 Å². The number of halogens is 1. The van der Waals surface area contributed by atoms with Gasteiger partial charge in [-0.2, -0.15) is 0 Å². The van der Waals surface area contributed by atoms with Gasteiger partial charge in [-0.25, -0.2) is 9.97 Å². The number of rotatable bonds is 5. The van der Waals surface area contributed by atoms with Gasteiger partial charge in [-0.15, -0.1) is 0 Å². The minimum Gasteiger partial charge on any atom is -0.488 e. The van der Waals surface area contributed by atoms with E-state index in [0.717, 1.165) is 12.2 Å². The molecule has 0 bridgehead atoms. The summed E-state index contributed by atoms with van der Waals surface area (Å²) < 4.78 is 10.9. The van der Waals surface area contributed by atoms with Crippen LogP contribution in [0.15, 0.2) is 30.3 Å². The molecule has 1 aliphatic heterocycles. The molecule has 21 heavy (non-hydrogen) atoms. The second kappa shape index (κ2) is 6.28. The van der Waals surface area contributed by atoms with Crippen molar-refractivity contribution in [2.24, 2.45) is 0 Å². The van der Waals surface area contributed by atoms with Crippen molar-refractivity contribution in [1.82, 2.24) is 9.97 Å². The van der Waals surface area contributed by atoms with Crippen molar-refractivity contribution in [2.75, 3.05) is 19.0 Å². The molecule has 0 saturated carbocycles. The molecule has 1 N–H and O–H groups in total. The highest BCUT2D eigenvalue weighted by atomic mass is 35.5. The fourth-order valence-electron chi connectivity index (χ4n) is 2.34. The van der Waals surface area contributed by atoms with Gasteiger partial charge in [0.25, 0.3) is 0 Å². The van der Waals surface area contributed by atoms with E-state index in [1.807, 2.05) is 18.2 Å². The number of nitrogens with zero attached hydrogens (tertiary/aromatic N) is 2. The van der Waals surface area contributed by atoms with E-state index in [1.165, 1.54) is 5.56 Å². The molecule has 1 atom stereocenters. The summed E-state index contributed by atoms with van der Waals surface area (Å²) in [6.07, 6.45) is 0.995. The van der Waals surface area contributed by atoms with E-state index < -0.39 is 0 Å². The third-order valence-electron chi connectivity index (χ3n) is 3.24. The highest BCUT2D eigenvalue weighted by molar-refractivity contribution is 6.29. The van der Waals surface area contributed by atoms with Crippen molar-refractivity contribution in [3.05, 3.63) is 46.9 Å². The first-order valence-electron chi connectivity index (χ1n) is 6.75. The maximum absolute atomic E-state index is 5.98. The lowest BCUT2D eigenvalue weighted by Gasteiger charge is -2.13. The quantitative estimate of drug-likeness (QED) is 0.861. The highest BCUT2D eigenvalue weighted by Crippen LogP contribution is 2.28. The second-order valence-electron chi connectivity index (χ2n) is 4.86. The predicted molar refractivity (Wildman–Crippen MR) is 80.8 cm³/mol. The number of ether oxygens (including phenoxy) is 2. The summed E-state index contributed by atoms with van der Waals surface area (Å²) >= 11 is 5.98. The normalized spacial score (nSPS) is 16.4. The van der Waals surface area contributed by atoms with Crippen LogP contribution >= 0.6 is 11.6 Å². The Hall–Kier alpha value is -1.85. The number of hydrogen-bond donors (Lipinski definition) is 1. The van der Waals surface area contributed by atoms with E-state index >= 15 is 0 Å². The molecule has 0 spiro atoms. The van der Waals surface area contributed by atoms with Gasteiger partial charge in [0.2, 0.25) is 0 Å². The number of methoxy groups -OCH3 is 1. The van der Waals surface area contributed by atoms with Crippen LogP contribution in [0.1, 0.15) is 11.4 Å². The third-order valence-corrected chi connectivity index (χ3v) is 3.43. The number of aromatic nitrogens is 2. The van der Waals surface area contributed by atoms with Gasteiger partial charge >= 0.3 is 0 Å². The topological polar surface area (TPSA) is 56.3 Å². The lowest BCUT2D eigenvalue weighted by molar-refractivity contribution is 0.178. The van der Waals surface area contributed by atoms with Crippen molar-refractivity contribution < 1.29 is 9.47 Å². The monoisotopic (exact) mass is 305 g/mol. The molecule has 6 heteroatoms. The lowest BCUT2D eigenvalue weighted by atomic mass is 10.1. The Morgan fingerprint density at radius 2 is 2.24 bits per heavy atom. The summed E-state index contributed by atoms with van der Waals surface area (Å²) in [4.78, 5) is 8.44. The molecule has 3 rings (SSSR count). The minimum absolute atomic E-state index is 0.0991. The summed E-state index contributed by atoms with van der Waals surface area (Å²) in [6.45, 7) is 0.995. The van der Waals surface area contributed by atoms with E-state index in [2.05, 4.69) is 21.4 Å². The zero-order chi connectivity index (χ0) is 14.7. The van der Waals surface area contributed by atoms with Crippen LogP contribution in [0.3, 0.4) is 0 Å². The van der Waals surface area contributed by atoms with Crippen LogP contribution in [-0.2, 0) is 17.8 Å². The molecule has 0 aliphatic carbocycles. The zero-order valence-electron chi connectivity index (χ0n) is 11.7. The van der Waals surface area contributed by atoms with Gasteiger partial charge in [0.05, 0.1) is 6.54 Å². The van der Waals surface area contributed by atoms with Gasteiger partial charge in [0.1, 0.15) is 29.4 Å². The van der Waals surface area contributed by atoms with Gasteiger partial charge < -0.3 is 14.8 Å². The fourth-order valence-corrected chi connectivity index (χ4v) is 2.54. The number of nitrogens with one attached hydrogen (secondary N) is 1. The Morgan fingerprint density at radius 1 is 1.38 bits per heavy atom. The van der Waals surface area contributed by atoms with Gasteiger partial charge in [-0.05, 0) is 11.6 Å². The van der Waals surface area contributed by atoms with Gasteiger partial charge in [0, 0.05) is 19.6 Å². The smallest absolute Gasteiger partial charge is 0.158 e. The molecule has 0 amide bonds. The van der Waals surface area contributed by atoms with Crippen LogP contribution in [0.4, 0.5) is 5.82 Å². The number of fused-ring (bicyclic) bond motifs is 1. The van der Waals surface area contributed by atoms with E-state index in [1.54, 1.807) is 13.2 Å².